The maximum absolute atomic E-state index is 5.73. The van der Waals surface area contributed by atoms with Gasteiger partial charge >= 0.3 is 0 Å². The van der Waals surface area contributed by atoms with Crippen molar-refractivity contribution in [3.05, 3.63) is 68.8 Å². The number of hydrogen-bond acceptors (Lipinski definition) is 3. The lowest BCUT2D eigenvalue weighted by atomic mass is 9.99. The highest BCUT2D eigenvalue weighted by molar-refractivity contribution is 9.11. The topological polar surface area (TPSA) is 38.0 Å². The summed E-state index contributed by atoms with van der Waals surface area (Å²) in [5.74, 6) is 5.73. The Morgan fingerprint density at radius 3 is 2.47 bits per heavy atom. The molecule has 1 unspecified atom stereocenters. The highest BCUT2D eigenvalue weighted by atomic mass is 79.9. The van der Waals surface area contributed by atoms with Crippen LogP contribution in [0.4, 0.5) is 0 Å². The van der Waals surface area contributed by atoms with Crippen LogP contribution in [-0.4, -0.2) is 0 Å². The first kappa shape index (κ1) is 12.8. The van der Waals surface area contributed by atoms with E-state index in [9.17, 15) is 0 Å². The number of nitrogens with two attached hydrogens (primary N) is 1. The van der Waals surface area contributed by atoms with E-state index in [1.165, 1.54) is 21.9 Å². The van der Waals surface area contributed by atoms with E-state index < -0.39 is 0 Å². The van der Waals surface area contributed by atoms with Gasteiger partial charge in [-0.3, -0.25) is 5.84 Å². The van der Waals surface area contributed by atoms with Crippen LogP contribution in [0.15, 0.2) is 57.7 Å². The summed E-state index contributed by atoms with van der Waals surface area (Å²) in [5, 5.41) is 4.59. The zero-order valence-corrected chi connectivity index (χ0v) is 12.5. The van der Waals surface area contributed by atoms with Crippen LogP contribution in [0.2, 0.25) is 0 Å². The fourth-order valence-electron chi connectivity index (χ4n) is 2.25. The summed E-state index contributed by atoms with van der Waals surface area (Å²) in [7, 11) is 0. The summed E-state index contributed by atoms with van der Waals surface area (Å²) in [6.07, 6.45) is 0. The second-order valence-corrected chi connectivity index (χ2v) is 6.68. The van der Waals surface area contributed by atoms with Crippen molar-refractivity contribution in [3.63, 3.8) is 0 Å². The summed E-state index contributed by atoms with van der Waals surface area (Å²) in [6, 6.07) is 16.9. The van der Waals surface area contributed by atoms with Crippen molar-refractivity contribution in [1.82, 2.24) is 5.43 Å². The molecule has 0 fully saturated rings. The lowest BCUT2D eigenvalue weighted by molar-refractivity contribution is 0.639. The van der Waals surface area contributed by atoms with Gasteiger partial charge in [-0.1, -0.05) is 36.4 Å². The summed E-state index contributed by atoms with van der Waals surface area (Å²) in [4.78, 5) is 0. The van der Waals surface area contributed by atoms with Gasteiger partial charge in [-0.2, -0.15) is 0 Å². The van der Waals surface area contributed by atoms with Gasteiger partial charge < -0.3 is 0 Å². The first-order valence-corrected chi connectivity index (χ1v) is 7.64. The molecule has 1 aromatic heterocycles. The zero-order chi connectivity index (χ0) is 13.2. The minimum absolute atomic E-state index is 0.0205. The van der Waals surface area contributed by atoms with Gasteiger partial charge in [0.25, 0.3) is 0 Å². The monoisotopic (exact) mass is 332 g/mol. The van der Waals surface area contributed by atoms with Gasteiger partial charge in [-0.25, -0.2) is 5.43 Å². The third-order valence-corrected chi connectivity index (χ3v) is 4.72. The smallest absolute Gasteiger partial charge is 0.0718 e. The van der Waals surface area contributed by atoms with Crippen LogP contribution < -0.4 is 11.3 Å². The molecule has 3 rings (SSSR count). The van der Waals surface area contributed by atoms with Crippen molar-refractivity contribution in [2.24, 2.45) is 5.84 Å². The molecule has 0 spiro atoms. The van der Waals surface area contributed by atoms with E-state index in [-0.39, 0.29) is 6.04 Å². The van der Waals surface area contributed by atoms with Gasteiger partial charge in [0.15, 0.2) is 0 Å². The predicted molar refractivity (Wildman–Crippen MR) is 85.1 cm³/mol. The summed E-state index contributed by atoms with van der Waals surface area (Å²) >= 11 is 5.16. The number of thiophene rings is 1. The molecule has 0 radical (unpaired) electrons. The molecule has 0 saturated carbocycles. The highest BCUT2D eigenvalue weighted by Gasteiger charge is 2.14. The number of benzene rings is 2. The zero-order valence-electron chi connectivity index (χ0n) is 10.1. The fourth-order valence-corrected chi connectivity index (χ4v) is 3.45. The standard InChI is InChI=1S/C15H13BrN2S/c16-14-8-13(9-19-14)15(18-17)12-6-5-10-3-1-2-4-11(10)7-12/h1-9,15,18H,17H2. The molecule has 1 heterocycles. The summed E-state index contributed by atoms with van der Waals surface area (Å²) < 4.78 is 1.11. The molecule has 96 valence electrons. The van der Waals surface area contributed by atoms with E-state index in [0.29, 0.717) is 0 Å². The molecule has 2 nitrogen and oxygen atoms in total. The Hall–Kier alpha value is -1.20. The number of nitrogens with one attached hydrogen (secondary N) is 1. The normalized spacial score (nSPS) is 12.7. The van der Waals surface area contributed by atoms with Crippen molar-refractivity contribution < 1.29 is 0 Å². The average Bonchev–Trinajstić information content (AvgIpc) is 2.86. The molecule has 3 aromatic rings. The Balaban J connectivity index is 2.06. The van der Waals surface area contributed by atoms with E-state index in [2.05, 4.69) is 75.3 Å². The molecule has 3 N–H and O–H groups in total. The van der Waals surface area contributed by atoms with E-state index in [0.717, 1.165) is 3.79 Å². The lowest BCUT2D eigenvalue weighted by Gasteiger charge is -2.15. The van der Waals surface area contributed by atoms with Crippen LogP contribution in [0.25, 0.3) is 10.8 Å². The predicted octanol–water partition coefficient (Wildman–Crippen LogP) is 4.22. The molecule has 0 bridgehead atoms. The Morgan fingerprint density at radius 1 is 1.00 bits per heavy atom. The molecule has 4 heteroatoms. The van der Waals surface area contributed by atoms with Crippen LogP contribution in [-0.2, 0) is 0 Å². The van der Waals surface area contributed by atoms with E-state index in [1.54, 1.807) is 11.3 Å². The van der Waals surface area contributed by atoms with Gasteiger partial charge in [0.05, 0.1) is 9.83 Å². The Labute approximate surface area is 124 Å². The van der Waals surface area contributed by atoms with Crippen molar-refractivity contribution >= 4 is 38.0 Å². The third-order valence-electron chi connectivity index (χ3n) is 3.19. The quantitative estimate of drug-likeness (QED) is 0.556. The lowest BCUT2D eigenvalue weighted by Crippen LogP contribution is -2.28. The van der Waals surface area contributed by atoms with Crippen molar-refractivity contribution in [2.75, 3.05) is 0 Å². The van der Waals surface area contributed by atoms with Crippen LogP contribution in [0.5, 0.6) is 0 Å². The first-order chi connectivity index (χ1) is 9.28. The maximum atomic E-state index is 5.73. The molecule has 0 saturated heterocycles. The third kappa shape index (κ3) is 2.58. The Kier molecular flexibility index (Phi) is 3.66. The summed E-state index contributed by atoms with van der Waals surface area (Å²) in [6.45, 7) is 0. The van der Waals surface area contributed by atoms with Gasteiger partial charge in [-0.05, 0) is 55.3 Å². The molecule has 1 atom stereocenters. The molecule has 0 aliphatic heterocycles. The molecule has 0 amide bonds. The maximum Gasteiger partial charge on any atom is 0.0718 e. The van der Waals surface area contributed by atoms with Crippen LogP contribution in [0, 0.1) is 0 Å². The average molecular weight is 333 g/mol. The van der Waals surface area contributed by atoms with Gasteiger partial charge in [0.1, 0.15) is 0 Å². The van der Waals surface area contributed by atoms with Crippen LogP contribution in [0.3, 0.4) is 0 Å². The number of fused-ring (bicyclic) bond motifs is 1. The van der Waals surface area contributed by atoms with Crippen LogP contribution in [0.1, 0.15) is 17.2 Å². The largest absolute Gasteiger partial charge is 0.271 e. The van der Waals surface area contributed by atoms with Crippen molar-refractivity contribution in [2.45, 2.75) is 6.04 Å². The Bertz CT molecular complexity index is 708. The number of hydrogen-bond donors (Lipinski definition) is 2. The summed E-state index contributed by atoms with van der Waals surface area (Å²) in [5.41, 5.74) is 5.25. The van der Waals surface area contributed by atoms with E-state index in [4.69, 9.17) is 5.84 Å². The molecule has 0 aliphatic carbocycles. The molecular weight excluding hydrogens is 320 g/mol. The van der Waals surface area contributed by atoms with Gasteiger partial charge in [-0.15, -0.1) is 11.3 Å². The molecule has 2 aromatic carbocycles. The van der Waals surface area contributed by atoms with E-state index >= 15 is 0 Å². The molecule has 0 aliphatic rings. The fraction of sp³-hybridized carbons (Fsp3) is 0.0667. The minimum atomic E-state index is 0.0205. The number of hydrazine groups is 1. The van der Waals surface area contributed by atoms with Crippen molar-refractivity contribution in [1.29, 1.82) is 0 Å². The SMILES string of the molecule is NNC(c1csc(Br)c1)c1ccc2ccccc2c1. The van der Waals surface area contributed by atoms with Crippen LogP contribution >= 0.6 is 27.3 Å². The Morgan fingerprint density at radius 2 is 1.79 bits per heavy atom. The second-order valence-electron chi connectivity index (χ2n) is 4.39. The molecule has 19 heavy (non-hydrogen) atoms. The van der Waals surface area contributed by atoms with Gasteiger partial charge in [0.2, 0.25) is 0 Å². The highest BCUT2D eigenvalue weighted by Crippen LogP contribution is 2.30. The minimum Gasteiger partial charge on any atom is -0.271 e. The van der Waals surface area contributed by atoms with Gasteiger partial charge in [0, 0.05) is 0 Å². The number of halogens is 1. The van der Waals surface area contributed by atoms with Crippen molar-refractivity contribution in [3.8, 4) is 0 Å². The first-order valence-electron chi connectivity index (χ1n) is 5.96. The second kappa shape index (κ2) is 5.43. The van der Waals surface area contributed by atoms with E-state index in [1.807, 2.05) is 0 Å². The number of rotatable bonds is 3. The molecular formula is C15H13BrN2S.